The predicted molar refractivity (Wildman–Crippen MR) is 62.8 cm³/mol. The van der Waals surface area contributed by atoms with Crippen molar-refractivity contribution in [3.8, 4) is 0 Å². The minimum absolute atomic E-state index is 0.228. The summed E-state index contributed by atoms with van der Waals surface area (Å²) in [4.78, 5) is 13.4. The van der Waals surface area contributed by atoms with Gasteiger partial charge in [-0.25, -0.2) is 0 Å². The van der Waals surface area contributed by atoms with Crippen LogP contribution < -0.4 is 5.32 Å². The lowest BCUT2D eigenvalue weighted by molar-refractivity contribution is -0.129. The fourth-order valence-corrected chi connectivity index (χ4v) is 1.56. The van der Waals surface area contributed by atoms with Crippen molar-refractivity contribution in [3.05, 3.63) is 0 Å². The number of hydrogen-bond donors (Lipinski definition) is 1. The molecule has 1 N–H and O–H groups in total. The lowest BCUT2D eigenvalue weighted by atomic mass is 10.2. The molecular formula is C12H24N2O. The van der Waals surface area contributed by atoms with Crippen LogP contribution in [0.3, 0.4) is 0 Å². The molecule has 0 aliphatic heterocycles. The second kappa shape index (κ2) is 6.83. The van der Waals surface area contributed by atoms with Gasteiger partial charge in [-0.05, 0) is 31.7 Å². The highest BCUT2D eigenvalue weighted by atomic mass is 16.2. The van der Waals surface area contributed by atoms with Gasteiger partial charge < -0.3 is 10.2 Å². The van der Waals surface area contributed by atoms with E-state index in [0.29, 0.717) is 6.54 Å². The van der Waals surface area contributed by atoms with Crippen LogP contribution in [-0.2, 0) is 4.79 Å². The second-order valence-electron chi connectivity index (χ2n) is 4.60. The molecule has 0 bridgehead atoms. The zero-order valence-corrected chi connectivity index (χ0v) is 10.1. The number of likely N-dealkylation sites (N-methyl/N-ethyl adjacent to an activating group) is 1. The molecule has 1 aliphatic carbocycles. The van der Waals surface area contributed by atoms with E-state index in [9.17, 15) is 4.79 Å². The average Bonchev–Trinajstić information content (AvgIpc) is 3.02. The number of carbonyl (C=O) groups excluding carboxylic acids is 1. The molecule has 0 spiro atoms. The Morgan fingerprint density at radius 1 is 1.40 bits per heavy atom. The van der Waals surface area contributed by atoms with Gasteiger partial charge in [0.05, 0.1) is 6.54 Å². The predicted octanol–water partition coefficient (Wildman–Crippen LogP) is 1.63. The van der Waals surface area contributed by atoms with Crippen LogP contribution >= 0.6 is 0 Å². The normalized spacial score (nSPS) is 15.3. The Morgan fingerprint density at radius 2 is 2.13 bits per heavy atom. The Kier molecular flexibility index (Phi) is 5.69. The molecule has 0 aromatic rings. The molecule has 0 atom stereocenters. The maximum Gasteiger partial charge on any atom is 0.236 e. The number of nitrogens with zero attached hydrogens (tertiary/aromatic N) is 1. The van der Waals surface area contributed by atoms with Gasteiger partial charge >= 0.3 is 0 Å². The molecular weight excluding hydrogens is 188 g/mol. The average molecular weight is 212 g/mol. The molecule has 1 amide bonds. The lowest BCUT2D eigenvalue weighted by Crippen LogP contribution is -2.36. The zero-order valence-electron chi connectivity index (χ0n) is 10.1. The Balaban J connectivity index is 1.98. The zero-order chi connectivity index (χ0) is 11.1. The fourth-order valence-electron chi connectivity index (χ4n) is 1.56. The number of unbranched alkanes of at least 4 members (excludes halogenated alkanes) is 2. The molecule has 0 aromatic heterocycles. The summed E-state index contributed by atoms with van der Waals surface area (Å²) in [6.45, 7) is 4.62. The summed E-state index contributed by atoms with van der Waals surface area (Å²) in [5, 5.41) is 3.23. The highest BCUT2D eigenvalue weighted by Crippen LogP contribution is 2.27. The molecule has 0 unspecified atom stereocenters. The van der Waals surface area contributed by atoms with Gasteiger partial charge in [0.15, 0.2) is 0 Å². The number of nitrogens with one attached hydrogen (secondary N) is 1. The van der Waals surface area contributed by atoms with Crippen LogP contribution in [0.4, 0.5) is 0 Å². The summed E-state index contributed by atoms with van der Waals surface area (Å²) in [5.74, 6) is 1.08. The van der Waals surface area contributed by atoms with E-state index in [1.165, 1.54) is 25.7 Å². The number of amides is 1. The second-order valence-corrected chi connectivity index (χ2v) is 4.60. The maximum atomic E-state index is 11.6. The molecule has 3 heteroatoms. The minimum atomic E-state index is 0.228. The molecule has 0 heterocycles. The van der Waals surface area contributed by atoms with Crippen LogP contribution in [0.25, 0.3) is 0 Å². The lowest BCUT2D eigenvalue weighted by Gasteiger charge is -2.17. The SMILES string of the molecule is CCCCCN(C)C(=O)CNCC1CC1. The van der Waals surface area contributed by atoms with Crippen molar-refractivity contribution >= 4 is 5.91 Å². The maximum absolute atomic E-state index is 11.6. The highest BCUT2D eigenvalue weighted by molar-refractivity contribution is 5.77. The monoisotopic (exact) mass is 212 g/mol. The number of carbonyl (C=O) groups is 1. The summed E-state index contributed by atoms with van der Waals surface area (Å²) in [7, 11) is 1.90. The third kappa shape index (κ3) is 5.78. The van der Waals surface area contributed by atoms with E-state index in [2.05, 4.69) is 12.2 Å². The van der Waals surface area contributed by atoms with Crippen molar-refractivity contribution in [2.75, 3.05) is 26.7 Å². The van der Waals surface area contributed by atoms with Crippen LogP contribution in [-0.4, -0.2) is 37.5 Å². The van der Waals surface area contributed by atoms with Crippen LogP contribution in [0, 0.1) is 5.92 Å². The van der Waals surface area contributed by atoms with Gasteiger partial charge in [-0.3, -0.25) is 4.79 Å². The molecule has 1 aliphatic rings. The smallest absolute Gasteiger partial charge is 0.236 e. The number of hydrogen-bond acceptors (Lipinski definition) is 2. The summed E-state index contributed by atoms with van der Waals surface area (Å²) in [5.41, 5.74) is 0. The van der Waals surface area contributed by atoms with E-state index >= 15 is 0 Å². The third-order valence-corrected chi connectivity index (χ3v) is 2.93. The van der Waals surface area contributed by atoms with E-state index in [1.807, 2.05) is 11.9 Å². The molecule has 1 rings (SSSR count). The molecule has 88 valence electrons. The molecule has 3 nitrogen and oxygen atoms in total. The molecule has 0 aromatic carbocycles. The van der Waals surface area contributed by atoms with E-state index in [0.717, 1.165) is 25.4 Å². The summed E-state index contributed by atoms with van der Waals surface area (Å²) in [6.07, 6.45) is 6.23. The van der Waals surface area contributed by atoms with Crippen LogP contribution in [0.15, 0.2) is 0 Å². The van der Waals surface area contributed by atoms with Crippen molar-refractivity contribution in [1.82, 2.24) is 10.2 Å². The van der Waals surface area contributed by atoms with Crippen molar-refractivity contribution in [1.29, 1.82) is 0 Å². The van der Waals surface area contributed by atoms with Crippen LogP contribution in [0.5, 0.6) is 0 Å². The van der Waals surface area contributed by atoms with E-state index in [4.69, 9.17) is 0 Å². The van der Waals surface area contributed by atoms with E-state index < -0.39 is 0 Å². The first-order valence-corrected chi connectivity index (χ1v) is 6.18. The number of rotatable bonds is 8. The summed E-state index contributed by atoms with van der Waals surface area (Å²) >= 11 is 0. The van der Waals surface area contributed by atoms with Crippen molar-refractivity contribution < 1.29 is 4.79 Å². The van der Waals surface area contributed by atoms with Gasteiger partial charge in [0.25, 0.3) is 0 Å². The Bertz CT molecular complexity index is 190. The molecule has 1 fully saturated rings. The van der Waals surface area contributed by atoms with Gasteiger partial charge in [-0.15, -0.1) is 0 Å². The van der Waals surface area contributed by atoms with Gasteiger partial charge in [-0.1, -0.05) is 19.8 Å². The van der Waals surface area contributed by atoms with Crippen LogP contribution in [0.2, 0.25) is 0 Å². The van der Waals surface area contributed by atoms with Crippen molar-refractivity contribution in [3.63, 3.8) is 0 Å². The van der Waals surface area contributed by atoms with Crippen LogP contribution in [0.1, 0.15) is 39.0 Å². The fraction of sp³-hybridized carbons (Fsp3) is 0.917. The van der Waals surface area contributed by atoms with Gasteiger partial charge in [0, 0.05) is 13.6 Å². The highest BCUT2D eigenvalue weighted by Gasteiger charge is 2.20. The first kappa shape index (κ1) is 12.5. The Hall–Kier alpha value is -0.570. The Morgan fingerprint density at radius 3 is 2.73 bits per heavy atom. The summed E-state index contributed by atoms with van der Waals surface area (Å²) in [6, 6.07) is 0. The quantitative estimate of drug-likeness (QED) is 0.620. The third-order valence-electron chi connectivity index (χ3n) is 2.93. The molecule has 0 radical (unpaired) electrons. The first-order valence-electron chi connectivity index (χ1n) is 6.18. The van der Waals surface area contributed by atoms with Gasteiger partial charge in [0.1, 0.15) is 0 Å². The molecule has 0 saturated heterocycles. The van der Waals surface area contributed by atoms with Crippen molar-refractivity contribution in [2.24, 2.45) is 5.92 Å². The first-order chi connectivity index (χ1) is 7.24. The Labute approximate surface area is 93.2 Å². The van der Waals surface area contributed by atoms with Gasteiger partial charge in [-0.2, -0.15) is 0 Å². The standard InChI is InChI=1S/C12H24N2O/c1-3-4-5-8-14(2)12(15)10-13-9-11-6-7-11/h11,13H,3-10H2,1-2H3. The van der Waals surface area contributed by atoms with E-state index in [-0.39, 0.29) is 5.91 Å². The molecule has 1 saturated carbocycles. The minimum Gasteiger partial charge on any atom is -0.345 e. The molecule has 15 heavy (non-hydrogen) atoms. The largest absolute Gasteiger partial charge is 0.345 e. The van der Waals surface area contributed by atoms with Crippen molar-refractivity contribution in [2.45, 2.75) is 39.0 Å². The van der Waals surface area contributed by atoms with E-state index in [1.54, 1.807) is 0 Å². The summed E-state index contributed by atoms with van der Waals surface area (Å²) < 4.78 is 0. The van der Waals surface area contributed by atoms with Gasteiger partial charge in [0.2, 0.25) is 5.91 Å². The topological polar surface area (TPSA) is 32.3 Å².